The van der Waals surface area contributed by atoms with E-state index in [0.29, 0.717) is 30.4 Å². The van der Waals surface area contributed by atoms with Gasteiger partial charge in [-0.2, -0.15) is 4.98 Å². The quantitative estimate of drug-likeness (QED) is 0.546. The van der Waals surface area contributed by atoms with E-state index >= 15 is 0 Å². The largest absolute Gasteiger partial charge is 0.349 e. The van der Waals surface area contributed by atoms with E-state index in [-0.39, 0.29) is 28.6 Å². The maximum absolute atomic E-state index is 13.1. The number of rotatable bonds is 7. The molecule has 34 heavy (non-hydrogen) atoms. The fourth-order valence-corrected chi connectivity index (χ4v) is 4.69. The predicted octanol–water partition coefficient (Wildman–Crippen LogP) is 3.37. The number of halogens is 1. The highest BCUT2D eigenvalue weighted by atomic mass is 32.2. The number of hydrogen-bond donors (Lipinski definition) is 1. The van der Waals surface area contributed by atoms with E-state index in [1.807, 2.05) is 6.92 Å². The van der Waals surface area contributed by atoms with Crippen LogP contribution in [0.4, 0.5) is 4.39 Å². The molecule has 0 bridgehead atoms. The first-order chi connectivity index (χ1) is 16.2. The average Bonchev–Trinajstić information content (AvgIpc) is 3.27. The van der Waals surface area contributed by atoms with Crippen LogP contribution in [0.25, 0.3) is 11.4 Å². The number of carbonyl (C=O) groups is 1. The fraction of sp³-hybridized carbons (Fsp3) is 0.375. The lowest BCUT2D eigenvalue weighted by Crippen LogP contribution is -2.43. The summed E-state index contributed by atoms with van der Waals surface area (Å²) in [5, 5.41) is 7.02. The van der Waals surface area contributed by atoms with E-state index in [4.69, 9.17) is 4.52 Å². The van der Waals surface area contributed by atoms with Crippen molar-refractivity contribution in [2.45, 2.75) is 37.2 Å². The van der Waals surface area contributed by atoms with E-state index in [9.17, 15) is 17.6 Å². The molecule has 2 heterocycles. The van der Waals surface area contributed by atoms with Crippen LogP contribution in [-0.2, 0) is 21.2 Å². The molecule has 1 N–H and O–H groups in total. The van der Waals surface area contributed by atoms with E-state index in [2.05, 4.69) is 20.4 Å². The highest BCUT2D eigenvalue weighted by Crippen LogP contribution is 2.22. The van der Waals surface area contributed by atoms with E-state index in [0.717, 1.165) is 24.9 Å². The van der Waals surface area contributed by atoms with Gasteiger partial charge < -0.3 is 9.84 Å². The summed E-state index contributed by atoms with van der Waals surface area (Å²) in [6.07, 6.45) is 2.82. The molecule has 1 fully saturated rings. The predicted molar refractivity (Wildman–Crippen MR) is 124 cm³/mol. The molecule has 0 radical (unpaired) electrons. The summed E-state index contributed by atoms with van der Waals surface area (Å²) in [7, 11) is -3.26. The van der Waals surface area contributed by atoms with Crippen molar-refractivity contribution in [2.24, 2.45) is 5.92 Å². The number of likely N-dealkylation sites (tertiary alicyclic amines) is 1. The number of carbonyl (C=O) groups excluding carboxylic acids is 1. The molecule has 2 unspecified atom stereocenters. The number of nitrogens with one attached hydrogen (secondary N) is 1. The first kappa shape index (κ1) is 24.0. The summed E-state index contributed by atoms with van der Waals surface area (Å²) in [4.78, 5) is 19.7. The number of benzene rings is 2. The maximum atomic E-state index is 13.1. The molecular formula is C24H27FN4O4S. The molecule has 2 atom stereocenters. The minimum atomic E-state index is -3.26. The Morgan fingerprint density at radius 3 is 2.59 bits per heavy atom. The fourth-order valence-electron chi connectivity index (χ4n) is 4.06. The molecule has 1 saturated heterocycles. The zero-order chi connectivity index (χ0) is 24.3. The van der Waals surface area contributed by atoms with Gasteiger partial charge >= 0.3 is 0 Å². The number of nitrogens with zero attached hydrogens (tertiary/aromatic N) is 3. The molecule has 3 aromatic rings. The third-order valence-electron chi connectivity index (χ3n) is 5.97. The molecule has 1 amide bonds. The molecule has 0 aliphatic carbocycles. The molecule has 8 nitrogen and oxygen atoms in total. The third-order valence-corrected chi connectivity index (χ3v) is 7.10. The van der Waals surface area contributed by atoms with Crippen LogP contribution in [0.2, 0.25) is 0 Å². The van der Waals surface area contributed by atoms with Gasteiger partial charge in [0.15, 0.2) is 9.84 Å². The molecule has 1 aliphatic rings. The highest BCUT2D eigenvalue weighted by Gasteiger charge is 2.28. The van der Waals surface area contributed by atoms with E-state index < -0.39 is 9.84 Å². The molecule has 1 aliphatic heterocycles. The van der Waals surface area contributed by atoms with Crippen LogP contribution in [0.1, 0.15) is 37.3 Å². The summed E-state index contributed by atoms with van der Waals surface area (Å²) in [6.45, 7) is 3.70. The molecular weight excluding hydrogens is 459 g/mol. The van der Waals surface area contributed by atoms with Crippen molar-refractivity contribution < 1.29 is 22.1 Å². The second kappa shape index (κ2) is 10.0. The normalized spacial score (nSPS) is 17.9. The van der Waals surface area contributed by atoms with Crippen molar-refractivity contribution in [3.63, 3.8) is 0 Å². The lowest BCUT2D eigenvalue weighted by molar-refractivity contribution is -0.127. The van der Waals surface area contributed by atoms with Crippen LogP contribution >= 0.6 is 0 Å². The second-order valence-electron chi connectivity index (χ2n) is 8.66. The van der Waals surface area contributed by atoms with Gasteiger partial charge in [-0.15, -0.1) is 0 Å². The SMILES string of the molecule is CC(NC(=O)C1CCCN(Cc2nc(-c3ccc(F)cc3)no2)C1)c1ccc(S(C)(=O)=O)cc1. The Bertz CT molecular complexity index is 1240. The van der Waals surface area contributed by atoms with Gasteiger partial charge in [-0.05, 0) is 68.3 Å². The Morgan fingerprint density at radius 2 is 1.91 bits per heavy atom. The second-order valence-corrected chi connectivity index (χ2v) is 10.7. The summed E-state index contributed by atoms with van der Waals surface area (Å²) in [5.74, 6) is 0.301. The lowest BCUT2D eigenvalue weighted by atomic mass is 9.96. The average molecular weight is 487 g/mol. The van der Waals surface area contributed by atoms with Gasteiger partial charge in [-0.3, -0.25) is 9.69 Å². The van der Waals surface area contributed by atoms with Crippen molar-refractivity contribution >= 4 is 15.7 Å². The Hall–Kier alpha value is -3.11. The van der Waals surface area contributed by atoms with Crippen LogP contribution in [0.15, 0.2) is 57.9 Å². The van der Waals surface area contributed by atoms with Gasteiger partial charge in [0.1, 0.15) is 5.82 Å². The Labute approximate surface area is 198 Å². The van der Waals surface area contributed by atoms with Crippen LogP contribution in [0.5, 0.6) is 0 Å². The molecule has 0 saturated carbocycles. The Kier molecular flexibility index (Phi) is 7.08. The number of hydrogen-bond acceptors (Lipinski definition) is 7. The van der Waals surface area contributed by atoms with Crippen LogP contribution in [0.3, 0.4) is 0 Å². The van der Waals surface area contributed by atoms with Crippen molar-refractivity contribution in [3.05, 3.63) is 65.8 Å². The molecule has 180 valence electrons. The minimum absolute atomic E-state index is 0.0399. The number of amides is 1. The van der Waals surface area contributed by atoms with Crippen LogP contribution < -0.4 is 5.32 Å². The van der Waals surface area contributed by atoms with Gasteiger partial charge in [0, 0.05) is 18.4 Å². The van der Waals surface area contributed by atoms with Gasteiger partial charge in [0.25, 0.3) is 0 Å². The molecule has 2 aromatic carbocycles. The topological polar surface area (TPSA) is 105 Å². The van der Waals surface area contributed by atoms with Crippen LogP contribution in [-0.4, -0.2) is 48.7 Å². The van der Waals surface area contributed by atoms with Crippen molar-refractivity contribution in [2.75, 3.05) is 19.3 Å². The third kappa shape index (κ3) is 5.87. The zero-order valence-electron chi connectivity index (χ0n) is 19.1. The number of sulfone groups is 1. The van der Waals surface area contributed by atoms with Gasteiger partial charge in [-0.1, -0.05) is 17.3 Å². The highest BCUT2D eigenvalue weighted by molar-refractivity contribution is 7.90. The lowest BCUT2D eigenvalue weighted by Gasteiger charge is -2.31. The zero-order valence-corrected chi connectivity index (χ0v) is 19.9. The summed E-state index contributed by atoms with van der Waals surface area (Å²) >= 11 is 0. The van der Waals surface area contributed by atoms with Crippen molar-refractivity contribution in [1.29, 1.82) is 0 Å². The van der Waals surface area contributed by atoms with E-state index in [1.54, 1.807) is 36.4 Å². The molecule has 0 spiro atoms. The monoisotopic (exact) mass is 486 g/mol. The minimum Gasteiger partial charge on any atom is -0.349 e. The molecule has 10 heteroatoms. The van der Waals surface area contributed by atoms with E-state index in [1.165, 1.54) is 18.4 Å². The molecule has 4 rings (SSSR count). The first-order valence-electron chi connectivity index (χ1n) is 11.1. The summed E-state index contributed by atoms with van der Waals surface area (Å²) < 4.78 is 41.8. The summed E-state index contributed by atoms with van der Waals surface area (Å²) in [5.41, 5.74) is 1.51. The Balaban J connectivity index is 1.33. The van der Waals surface area contributed by atoms with Gasteiger partial charge in [-0.25, -0.2) is 12.8 Å². The number of piperidine rings is 1. The molecule has 1 aromatic heterocycles. The summed E-state index contributed by atoms with van der Waals surface area (Å²) in [6, 6.07) is 12.2. The first-order valence-corrected chi connectivity index (χ1v) is 13.0. The van der Waals surface area contributed by atoms with Gasteiger partial charge in [0.2, 0.25) is 17.6 Å². The Morgan fingerprint density at radius 1 is 1.21 bits per heavy atom. The van der Waals surface area contributed by atoms with Gasteiger partial charge in [0.05, 0.1) is 23.4 Å². The number of aromatic nitrogens is 2. The standard InChI is InChI=1S/C24H27FN4O4S/c1-16(17-7-11-21(12-8-17)34(2,31)32)26-24(30)19-4-3-13-29(14-19)15-22-27-23(28-33-22)18-5-9-20(25)10-6-18/h5-12,16,19H,3-4,13-15H2,1-2H3,(H,26,30). The van der Waals surface area contributed by atoms with Crippen LogP contribution in [0, 0.1) is 11.7 Å². The van der Waals surface area contributed by atoms with Crippen molar-refractivity contribution in [1.82, 2.24) is 20.4 Å². The maximum Gasteiger partial charge on any atom is 0.241 e. The van der Waals surface area contributed by atoms with Crippen molar-refractivity contribution in [3.8, 4) is 11.4 Å². The smallest absolute Gasteiger partial charge is 0.241 e.